The molecule has 1 aromatic carbocycles. The van der Waals surface area contributed by atoms with Gasteiger partial charge in [-0.2, -0.15) is 0 Å². The van der Waals surface area contributed by atoms with Crippen molar-refractivity contribution < 1.29 is 14.6 Å². The molecule has 3 nitrogen and oxygen atoms in total. The highest BCUT2D eigenvalue weighted by Gasteiger charge is 2.32. The molecular weight excluding hydrogens is 252 g/mol. The molecule has 0 amide bonds. The Kier molecular flexibility index (Phi) is 5.06. The summed E-state index contributed by atoms with van der Waals surface area (Å²) in [6, 6.07) is 4.10. The van der Waals surface area contributed by atoms with E-state index in [0.717, 1.165) is 48.3 Å². The highest BCUT2D eigenvalue weighted by atomic mass is 16.5. The Morgan fingerprint density at radius 2 is 2.00 bits per heavy atom. The van der Waals surface area contributed by atoms with Crippen LogP contribution in [-0.4, -0.2) is 24.9 Å². The number of aryl methyl sites for hydroxylation is 2. The van der Waals surface area contributed by atoms with Gasteiger partial charge in [-0.05, 0) is 63.1 Å². The second-order valence-corrected chi connectivity index (χ2v) is 5.86. The van der Waals surface area contributed by atoms with Gasteiger partial charge < -0.3 is 14.6 Å². The molecule has 1 aliphatic carbocycles. The summed E-state index contributed by atoms with van der Waals surface area (Å²) in [5, 5.41) is 10.5. The molecular formula is C17H26O3. The monoisotopic (exact) mass is 278 g/mol. The van der Waals surface area contributed by atoms with E-state index in [-0.39, 0.29) is 0 Å². The van der Waals surface area contributed by atoms with E-state index in [1.54, 1.807) is 7.11 Å². The lowest BCUT2D eigenvalue weighted by Crippen LogP contribution is -2.32. The zero-order valence-electron chi connectivity index (χ0n) is 13.0. The molecule has 1 aromatic rings. The predicted molar refractivity (Wildman–Crippen MR) is 80.2 cm³/mol. The standard InChI is InChI=1S/C17H26O3/c1-5-20-14-8-13(9-14)10-15(18)17-12(3)6-11(2)7-16(17)19-4/h6-7,13-15,18H,5,8-10H2,1-4H3. The Labute approximate surface area is 121 Å². The number of hydrogen-bond donors (Lipinski definition) is 1. The second-order valence-electron chi connectivity index (χ2n) is 5.86. The van der Waals surface area contributed by atoms with E-state index in [9.17, 15) is 5.11 Å². The van der Waals surface area contributed by atoms with Crippen molar-refractivity contribution in [1.29, 1.82) is 0 Å². The molecule has 20 heavy (non-hydrogen) atoms. The van der Waals surface area contributed by atoms with Gasteiger partial charge in [-0.3, -0.25) is 0 Å². The smallest absolute Gasteiger partial charge is 0.125 e. The Bertz CT molecular complexity index is 450. The Hall–Kier alpha value is -1.06. The van der Waals surface area contributed by atoms with E-state index in [4.69, 9.17) is 9.47 Å². The summed E-state index contributed by atoms with van der Waals surface area (Å²) in [5.41, 5.74) is 3.21. The largest absolute Gasteiger partial charge is 0.496 e. The van der Waals surface area contributed by atoms with Crippen LogP contribution in [0.5, 0.6) is 5.75 Å². The van der Waals surface area contributed by atoms with Crippen LogP contribution in [0, 0.1) is 19.8 Å². The minimum atomic E-state index is -0.446. The maximum Gasteiger partial charge on any atom is 0.125 e. The highest BCUT2D eigenvalue weighted by molar-refractivity contribution is 5.44. The number of aliphatic hydroxyl groups is 1. The number of methoxy groups -OCH3 is 1. The lowest BCUT2D eigenvalue weighted by atomic mass is 9.77. The van der Waals surface area contributed by atoms with Crippen LogP contribution >= 0.6 is 0 Å². The molecule has 0 radical (unpaired) electrons. The molecule has 0 heterocycles. The molecule has 1 atom stereocenters. The molecule has 0 aromatic heterocycles. The molecule has 0 aliphatic heterocycles. The molecule has 0 spiro atoms. The first-order chi connectivity index (χ1) is 9.55. The van der Waals surface area contributed by atoms with E-state index in [1.807, 2.05) is 26.8 Å². The zero-order chi connectivity index (χ0) is 14.7. The normalized spacial score (nSPS) is 23.2. The molecule has 1 saturated carbocycles. The van der Waals surface area contributed by atoms with Crippen molar-refractivity contribution >= 4 is 0 Å². The van der Waals surface area contributed by atoms with Gasteiger partial charge in [0.05, 0.1) is 19.3 Å². The van der Waals surface area contributed by atoms with Crippen LogP contribution in [0.15, 0.2) is 12.1 Å². The average molecular weight is 278 g/mol. The molecule has 0 saturated heterocycles. The summed E-state index contributed by atoms with van der Waals surface area (Å²) < 4.78 is 11.0. The molecule has 2 rings (SSSR count). The number of hydrogen-bond acceptors (Lipinski definition) is 3. The summed E-state index contributed by atoms with van der Waals surface area (Å²) in [6.07, 6.45) is 2.89. The summed E-state index contributed by atoms with van der Waals surface area (Å²) >= 11 is 0. The first-order valence-electron chi connectivity index (χ1n) is 7.49. The fourth-order valence-corrected chi connectivity index (χ4v) is 3.21. The van der Waals surface area contributed by atoms with Gasteiger partial charge in [0.1, 0.15) is 5.75 Å². The third-order valence-electron chi connectivity index (χ3n) is 4.20. The van der Waals surface area contributed by atoms with Gasteiger partial charge in [-0.25, -0.2) is 0 Å². The minimum Gasteiger partial charge on any atom is -0.496 e. The molecule has 1 aliphatic rings. The van der Waals surface area contributed by atoms with Gasteiger partial charge in [0.25, 0.3) is 0 Å². The average Bonchev–Trinajstić information content (AvgIpc) is 2.34. The molecule has 3 heteroatoms. The summed E-state index contributed by atoms with van der Waals surface area (Å²) in [6.45, 7) is 6.90. The van der Waals surface area contributed by atoms with Crippen LogP contribution < -0.4 is 4.74 Å². The molecule has 1 N–H and O–H groups in total. The molecule has 1 fully saturated rings. The van der Waals surface area contributed by atoms with E-state index in [1.165, 1.54) is 0 Å². The summed E-state index contributed by atoms with van der Waals surface area (Å²) in [5.74, 6) is 1.36. The van der Waals surface area contributed by atoms with E-state index in [2.05, 4.69) is 6.07 Å². The first kappa shape index (κ1) is 15.3. The van der Waals surface area contributed by atoms with E-state index >= 15 is 0 Å². The molecule has 112 valence electrons. The quantitative estimate of drug-likeness (QED) is 0.865. The SMILES string of the molecule is CCOC1CC(CC(O)c2c(C)cc(C)cc2OC)C1. The first-order valence-corrected chi connectivity index (χ1v) is 7.49. The number of aliphatic hydroxyl groups excluding tert-OH is 1. The van der Waals surface area contributed by atoms with Gasteiger partial charge >= 0.3 is 0 Å². The van der Waals surface area contributed by atoms with Crippen molar-refractivity contribution in [3.05, 3.63) is 28.8 Å². The van der Waals surface area contributed by atoms with Gasteiger partial charge in [0, 0.05) is 12.2 Å². The minimum absolute atomic E-state index is 0.401. The van der Waals surface area contributed by atoms with Crippen LogP contribution in [0.25, 0.3) is 0 Å². The number of ether oxygens (including phenoxy) is 2. The van der Waals surface area contributed by atoms with Crippen molar-refractivity contribution in [2.45, 2.75) is 52.2 Å². The van der Waals surface area contributed by atoms with Crippen LogP contribution in [0.1, 0.15) is 49.0 Å². The lowest BCUT2D eigenvalue weighted by molar-refractivity contribution is -0.0382. The Morgan fingerprint density at radius 3 is 2.60 bits per heavy atom. The van der Waals surface area contributed by atoms with Crippen LogP contribution in [-0.2, 0) is 4.74 Å². The van der Waals surface area contributed by atoms with Crippen molar-refractivity contribution in [2.75, 3.05) is 13.7 Å². The number of rotatable bonds is 6. The fourth-order valence-electron chi connectivity index (χ4n) is 3.21. The summed E-state index contributed by atoms with van der Waals surface area (Å²) in [7, 11) is 1.67. The number of benzene rings is 1. The van der Waals surface area contributed by atoms with Crippen LogP contribution in [0.3, 0.4) is 0 Å². The Balaban J connectivity index is 2.01. The third kappa shape index (κ3) is 3.33. The van der Waals surface area contributed by atoms with Crippen LogP contribution in [0.2, 0.25) is 0 Å². The van der Waals surface area contributed by atoms with Crippen molar-refractivity contribution in [3.63, 3.8) is 0 Å². The maximum absolute atomic E-state index is 10.5. The topological polar surface area (TPSA) is 38.7 Å². The van der Waals surface area contributed by atoms with Crippen molar-refractivity contribution in [3.8, 4) is 5.75 Å². The van der Waals surface area contributed by atoms with Crippen molar-refractivity contribution in [2.24, 2.45) is 5.92 Å². The zero-order valence-corrected chi connectivity index (χ0v) is 13.0. The lowest BCUT2D eigenvalue weighted by Gasteiger charge is -2.36. The van der Waals surface area contributed by atoms with E-state index in [0.29, 0.717) is 12.0 Å². The summed E-state index contributed by atoms with van der Waals surface area (Å²) in [4.78, 5) is 0. The maximum atomic E-state index is 10.5. The van der Waals surface area contributed by atoms with Crippen LogP contribution in [0.4, 0.5) is 0 Å². The van der Waals surface area contributed by atoms with Gasteiger partial charge in [0.2, 0.25) is 0 Å². The van der Waals surface area contributed by atoms with Gasteiger partial charge in [0.15, 0.2) is 0 Å². The van der Waals surface area contributed by atoms with Gasteiger partial charge in [-0.15, -0.1) is 0 Å². The van der Waals surface area contributed by atoms with E-state index < -0.39 is 6.10 Å². The molecule has 0 bridgehead atoms. The predicted octanol–water partition coefficient (Wildman–Crippen LogP) is 3.55. The third-order valence-corrected chi connectivity index (χ3v) is 4.20. The van der Waals surface area contributed by atoms with Crippen molar-refractivity contribution in [1.82, 2.24) is 0 Å². The Morgan fingerprint density at radius 1 is 1.30 bits per heavy atom. The van der Waals surface area contributed by atoms with Gasteiger partial charge in [-0.1, -0.05) is 6.07 Å². The second kappa shape index (κ2) is 6.59. The highest BCUT2D eigenvalue weighted by Crippen LogP contribution is 2.40. The fraction of sp³-hybridized carbons (Fsp3) is 0.647. The molecule has 1 unspecified atom stereocenters.